The lowest BCUT2D eigenvalue weighted by Gasteiger charge is -2.25. The van der Waals surface area contributed by atoms with Crippen molar-refractivity contribution in [3.63, 3.8) is 0 Å². The number of benzene rings is 2. The fraction of sp³-hybridized carbons (Fsp3) is 0.350. The summed E-state index contributed by atoms with van der Waals surface area (Å²) >= 11 is 12.3. The van der Waals surface area contributed by atoms with E-state index in [9.17, 15) is 4.79 Å². The van der Waals surface area contributed by atoms with Crippen LogP contribution < -0.4 is 0 Å². The van der Waals surface area contributed by atoms with Gasteiger partial charge in [0.2, 0.25) is 5.91 Å². The highest BCUT2D eigenvalue weighted by atomic mass is 35.5. The van der Waals surface area contributed by atoms with Crippen LogP contribution in [-0.4, -0.2) is 17.4 Å². The van der Waals surface area contributed by atoms with Crippen molar-refractivity contribution in [3.05, 3.63) is 69.7 Å². The molecular weight excluding hydrogens is 341 g/mol. The summed E-state index contributed by atoms with van der Waals surface area (Å²) in [5.41, 5.74) is 2.29. The second-order valence-corrected chi connectivity index (χ2v) is 7.56. The van der Waals surface area contributed by atoms with Crippen LogP contribution in [0.4, 0.5) is 0 Å². The van der Waals surface area contributed by atoms with Gasteiger partial charge in [0.15, 0.2) is 0 Å². The molecule has 4 rings (SSSR count). The van der Waals surface area contributed by atoms with Crippen LogP contribution in [0.15, 0.2) is 48.5 Å². The van der Waals surface area contributed by atoms with Gasteiger partial charge in [-0.25, -0.2) is 0 Å². The lowest BCUT2D eigenvalue weighted by atomic mass is 10.0. The van der Waals surface area contributed by atoms with Gasteiger partial charge in [-0.2, -0.15) is 0 Å². The van der Waals surface area contributed by atoms with Crippen LogP contribution in [0.25, 0.3) is 0 Å². The minimum Gasteiger partial charge on any atom is -0.335 e. The Balaban J connectivity index is 1.50. The molecule has 2 fully saturated rings. The Hall–Kier alpha value is -1.51. The van der Waals surface area contributed by atoms with Gasteiger partial charge < -0.3 is 4.90 Å². The number of carbonyl (C=O) groups excluding carboxylic acids is 1. The molecule has 1 saturated heterocycles. The quantitative estimate of drug-likeness (QED) is 0.712. The van der Waals surface area contributed by atoms with E-state index >= 15 is 0 Å². The molecule has 1 saturated carbocycles. The predicted octanol–water partition coefficient (Wildman–Crippen LogP) is 5.46. The van der Waals surface area contributed by atoms with Crippen molar-refractivity contribution < 1.29 is 4.79 Å². The largest absolute Gasteiger partial charge is 0.335 e. The van der Waals surface area contributed by atoms with E-state index < -0.39 is 0 Å². The highest BCUT2D eigenvalue weighted by Gasteiger charge is 2.48. The van der Waals surface area contributed by atoms with Crippen LogP contribution in [0.1, 0.15) is 42.3 Å². The van der Waals surface area contributed by atoms with Gasteiger partial charge in [-0.1, -0.05) is 53.5 Å². The Morgan fingerprint density at radius 1 is 1.04 bits per heavy atom. The number of nitrogens with zero attached hydrogens (tertiary/aromatic N) is 1. The molecule has 0 aromatic heterocycles. The summed E-state index contributed by atoms with van der Waals surface area (Å²) in [4.78, 5) is 15.1. The minimum absolute atomic E-state index is 0.0813. The highest BCUT2D eigenvalue weighted by molar-refractivity contribution is 6.31. The number of likely N-dealkylation sites (tertiary alicyclic amines) is 1. The van der Waals surface area contributed by atoms with Crippen LogP contribution in [0.5, 0.6) is 0 Å². The molecule has 1 heterocycles. The summed E-state index contributed by atoms with van der Waals surface area (Å²) in [5.74, 6) is 0.632. The Labute approximate surface area is 152 Å². The molecule has 3 atom stereocenters. The molecule has 0 radical (unpaired) electrons. The van der Waals surface area contributed by atoms with E-state index in [0.717, 1.165) is 41.4 Å². The topological polar surface area (TPSA) is 20.3 Å². The van der Waals surface area contributed by atoms with Gasteiger partial charge >= 0.3 is 0 Å². The van der Waals surface area contributed by atoms with Crippen LogP contribution in [0, 0.1) is 5.92 Å². The Kier molecular flexibility index (Phi) is 4.28. The minimum atomic E-state index is 0.0813. The Bertz CT molecular complexity index is 758. The van der Waals surface area contributed by atoms with Gasteiger partial charge in [0.1, 0.15) is 0 Å². The molecule has 24 heavy (non-hydrogen) atoms. The molecule has 0 bridgehead atoms. The van der Waals surface area contributed by atoms with E-state index in [0.29, 0.717) is 0 Å². The maximum absolute atomic E-state index is 13.0. The summed E-state index contributed by atoms with van der Waals surface area (Å²) in [6.07, 6.45) is 2.99. The standard InChI is InChI=1S/C20H19Cl2NO/c21-14-9-7-13(8-10-14)19-6-3-11-23(19)20(24)17-12-16(17)15-4-1-2-5-18(15)22/h1-2,4-5,7-10,16-17,19H,3,6,11-12H2. The van der Waals surface area contributed by atoms with E-state index in [4.69, 9.17) is 23.2 Å². The fourth-order valence-corrected chi connectivity index (χ4v) is 4.26. The lowest BCUT2D eigenvalue weighted by molar-refractivity contribution is -0.133. The molecule has 4 heteroatoms. The van der Waals surface area contributed by atoms with Crippen molar-refractivity contribution in [1.29, 1.82) is 0 Å². The summed E-state index contributed by atoms with van der Waals surface area (Å²) in [5, 5.41) is 1.50. The van der Waals surface area contributed by atoms with E-state index in [-0.39, 0.29) is 23.8 Å². The van der Waals surface area contributed by atoms with E-state index in [1.54, 1.807) is 0 Å². The molecule has 3 unspecified atom stereocenters. The first-order chi connectivity index (χ1) is 11.6. The summed E-state index contributed by atoms with van der Waals surface area (Å²) < 4.78 is 0. The van der Waals surface area contributed by atoms with E-state index in [1.807, 2.05) is 48.5 Å². The number of carbonyl (C=O) groups is 1. The number of hydrogen-bond acceptors (Lipinski definition) is 1. The first-order valence-electron chi connectivity index (χ1n) is 8.45. The van der Waals surface area contributed by atoms with Gasteiger partial charge in [-0.05, 0) is 54.5 Å². The van der Waals surface area contributed by atoms with Crippen molar-refractivity contribution in [1.82, 2.24) is 4.90 Å². The second-order valence-electron chi connectivity index (χ2n) is 6.71. The average molecular weight is 360 g/mol. The van der Waals surface area contributed by atoms with E-state index in [2.05, 4.69) is 4.90 Å². The van der Waals surface area contributed by atoms with Crippen molar-refractivity contribution >= 4 is 29.1 Å². The zero-order valence-electron chi connectivity index (χ0n) is 13.3. The molecule has 2 aliphatic rings. The fourth-order valence-electron chi connectivity index (χ4n) is 3.86. The van der Waals surface area contributed by atoms with Crippen LogP contribution >= 0.6 is 23.2 Å². The third-order valence-corrected chi connectivity index (χ3v) is 5.80. The summed E-state index contributed by atoms with van der Waals surface area (Å²) in [6, 6.07) is 15.9. The molecule has 2 aromatic carbocycles. The SMILES string of the molecule is O=C(C1CC1c1ccccc1Cl)N1CCCC1c1ccc(Cl)cc1. The predicted molar refractivity (Wildman–Crippen MR) is 97.4 cm³/mol. The van der Waals surface area contributed by atoms with Gasteiger partial charge in [0.05, 0.1) is 6.04 Å². The second kappa shape index (κ2) is 6.42. The highest BCUT2D eigenvalue weighted by Crippen LogP contribution is 2.51. The van der Waals surface area contributed by atoms with E-state index in [1.165, 1.54) is 5.56 Å². The van der Waals surface area contributed by atoms with Crippen molar-refractivity contribution in [3.8, 4) is 0 Å². The number of amides is 1. The maximum Gasteiger partial charge on any atom is 0.226 e. The molecule has 0 spiro atoms. The van der Waals surface area contributed by atoms with Gasteiger partial charge in [0.25, 0.3) is 0 Å². The van der Waals surface area contributed by atoms with Crippen molar-refractivity contribution in [2.45, 2.75) is 31.2 Å². The molecule has 1 amide bonds. The average Bonchev–Trinajstić information content (AvgIpc) is 3.23. The van der Waals surface area contributed by atoms with Crippen LogP contribution in [0.2, 0.25) is 10.0 Å². The summed E-state index contributed by atoms with van der Waals surface area (Å²) in [7, 11) is 0. The lowest BCUT2D eigenvalue weighted by Crippen LogP contribution is -2.32. The molecule has 1 aliphatic heterocycles. The van der Waals surface area contributed by atoms with Gasteiger partial charge in [-0.3, -0.25) is 4.79 Å². The maximum atomic E-state index is 13.0. The first kappa shape index (κ1) is 16.0. The number of hydrogen-bond donors (Lipinski definition) is 0. The smallest absolute Gasteiger partial charge is 0.226 e. The van der Waals surface area contributed by atoms with Crippen LogP contribution in [-0.2, 0) is 4.79 Å². The monoisotopic (exact) mass is 359 g/mol. The molecular formula is C20H19Cl2NO. The third-order valence-electron chi connectivity index (χ3n) is 5.20. The van der Waals surface area contributed by atoms with Crippen LogP contribution in [0.3, 0.4) is 0 Å². The Morgan fingerprint density at radius 3 is 2.54 bits per heavy atom. The van der Waals surface area contributed by atoms with Gasteiger partial charge in [-0.15, -0.1) is 0 Å². The normalized spacial score (nSPS) is 25.8. The van der Waals surface area contributed by atoms with Crippen molar-refractivity contribution in [2.75, 3.05) is 6.54 Å². The zero-order chi connectivity index (χ0) is 16.7. The van der Waals surface area contributed by atoms with Gasteiger partial charge in [0, 0.05) is 22.5 Å². The first-order valence-corrected chi connectivity index (χ1v) is 9.21. The number of halogens is 2. The van der Waals surface area contributed by atoms with Crippen molar-refractivity contribution in [2.24, 2.45) is 5.92 Å². The Morgan fingerprint density at radius 2 is 1.79 bits per heavy atom. The number of rotatable bonds is 3. The molecule has 2 aromatic rings. The molecule has 1 aliphatic carbocycles. The zero-order valence-corrected chi connectivity index (χ0v) is 14.8. The summed E-state index contributed by atoms with van der Waals surface area (Å²) in [6.45, 7) is 0.845. The molecule has 2 nitrogen and oxygen atoms in total. The molecule has 124 valence electrons. The third kappa shape index (κ3) is 2.94. The molecule has 0 N–H and O–H groups in total.